The van der Waals surface area contributed by atoms with Gasteiger partial charge in [-0.1, -0.05) is 13.8 Å². The normalized spacial score (nSPS) is 14.9. The molecule has 0 N–H and O–H groups in total. The molecule has 0 saturated carbocycles. The van der Waals surface area contributed by atoms with E-state index in [9.17, 15) is 4.79 Å². The fourth-order valence-electron chi connectivity index (χ4n) is 3.79. The molecule has 0 spiro atoms. The largest absolute Gasteiger partial charge is 0.497 e. The summed E-state index contributed by atoms with van der Waals surface area (Å²) < 4.78 is 10.8. The van der Waals surface area contributed by atoms with E-state index in [-0.39, 0.29) is 11.2 Å². The van der Waals surface area contributed by atoms with Crippen molar-refractivity contribution in [2.75, 3.05) is 14.2 Å². The third-order valence-corrected chi connectivity index (χ3v) is 5.18. The maximum Gasteiger partial charge on any atom is 0.193 e. The first kappa shape index (κ1) is 15.6. The lowest BCUT2D eigenvalue weighted by Gasteiger charge is -2.39. The Kier molecular flexibility index (Phi) is 3.88. The average Bonchev–Trinajstić information content (AvgIpc) is 2.62. The molecule has 0 aliphatic heterocycles. The fourth-order valence-corrected chi connectivity index (χ4v) is 3.79. The quantitative estimate of drug-likeness (QED) is 0.842. The third-order valence-electron chi connectivity index (χ3n) is 5.18. The van der Waals surface area contributed by atoms with Crippen molar-refractivity contribution in [3.8, 4) is 11.5 Å². The van der Waals surface area contributed by atoms with Crippen LogP contribution >= 0.6 is 0 Å². The van der Waals surface area contributed by atoms with Crippen molar-refractivity contribution in [2.45, 2.75) is 32.1 Å². The minimum Gasteiger partial charge on any atom is -0.497 e. The lowest BCUT2D eigenvalue weighted by Crippen LogP contribution is -2.35. The molecule has 0 fully saturated rings. The van der Waals surface area contributed by atoms with E-state index in [0.29, 0.717) is 0 Å². The zero-order valence-electron chi connectivity index (χ0n) is 14.1. The van der Waals surface area contributed by atoms with Gasteiger partial charge >= 0.3 is 0 Å². The minimum absolute atomic E-state index is 0.0813. The Bertz CT molecular complexity index is 698. The number of methoxy groups -OCH3 is 2. The first-order chi connectivity index (χ1) is 11.1. The lowest BCUT2D eigenvalue weighted by molar-refractivity contribution is 0.102. The van der Waals surface area contributed by atoms with Crippen molar-refractivity contribution < 1.29 is 14.3 Å². The molecule has 2 aromatic rings. The number of hydrogen-bond acceptors (Lipinski definition) is 3. The Morgan fingerprint density at radius 1 is 0.826 bits per heavy atom. The van der Waals surface area contributed by atoms with Crippen molar-refractivity contribution in [2.24, 2.45) is 0 Å². The Balaban J connectivity index is 2.35. The molecule has 3 heteroatoms. The highest BCUT2D eigenvalue weighted by molar-refractivity contribution is 6.13. The molecule has 0 heterocycles. The molecule has 120 valence electrons. The molecule has 0 bridgehead atoms. The summed E-state index contributed by atoms with van der Waals surface area (Å²) in [5, 5.41) is 0. The van der Waals surface area contributed by atoms with Gasteiger partial charge in [-0.05, 0) is 60.4 Å². The molecule has 0 aromatic heterocycles. The van der Waals surface area contributed by atoms with Crippen LogP contribution in [0.3, 0.4) is 0 Å². The number of carbonyl (C=O) groups is 1. The van der Waals surface area contributed by atoms with Crippen molar-refractivity contribution in [1.29, 1.82) is 0 Å². The molecule has 2 aromatic carbocycles. The molecule has 0 unspecified atom stereocenters. The molecule has 0 saturated heterocycles. The molecule has 3 rings (SSSR count). The fraction of sp³-hybridized carbons (Fsp3) is 0.350. The van der Waals surface area contributed by atoms with Crippen molar-refractivity contribution in [3.05, 3.63) is 58.7 Å². The van der Waals surface area contributed by atoms with Gasteiger partial charge in [-0.2, -0.15) is 0 Å². The summed E-state index contributed by atoms with van der Waals surface area (Å²) in [6.45, 7) is 4.34. The summed E-state index contributed by atoms with van der Waals surface area (Å²) >= 11 is 0. The maximum absolute atomic E-state index is 12.9. The second kappa shape index (κ2) is 5.73. The van der Waals surface area contributed by atoms with Gasteiger partial charge in [0.2, 0.25) is 0 Å². The summed E-state index contributed by atoms with van der Waals surface area (Å²) in [6.07, 6.45) is 1.83. The lowest BCUT2D eigenvalue weighted by atomic mass is 9.63. The van der Waals surface area contributed by atoms with Gasteiger partial charge in [-0.25, -0.2) is 0 Å². The molecule has 3 nitrogen and oxygen atoms in total. The molecule has 23 heavy (non-hydrogen) atoms. The van der Waals surface area contributed by atoms with Gasteiger partial charge in [-0.15, -0.1) is 0 Å². The van der Waals surface area contributed by atoms with E-state index in [1.54, 1.807) is 14.2 Å². The number of ether oxygens (including phenoxy) is 2. The third kappa shape index (κ3) is 2.14. The SMILES string of the molecule is CCC1(CC)c2cc(OC)ccc2C(=O)c2ccc(OC)cc21. The molecule has 0 atom stereocenters. The van der Waals surface area contributed by atoms with E-state index >= 15 is 0 Å². The number of benzene rings is 2. The number of rotatable bonds is 4. The predicted molar refractivity (Wildman–Crippen MR) is 90.8 cm³/mol. The molecule has 0 amide bonds. The number of ketones is 1. The van der Waals surface area contributed by atoms with Crippen molar-refractivity contribution in [1.82, 2.24) is 0 Å². The zero-order chi connectivity index (χ0) is 16.6. The Morgan fingerprint density at radius 3 is 1.61 bits per heavy atom. The van der Waals surface area contributed by atoms with Gasteiger partial charge in [0.05, 0.1) is 14.2 Å². The van der Waals surface area contributed by atoms with Gasteiger partial charge in [0.25, 0.3) is 0 Å². The van der Waals surface area contributed by atoms with Crippen LogP contribution in [0.2, 0.25) is 0 Å². The van der Waals surface area contributed by atoms with Crippen LogP contribution in [-0.4, -0.2) is 20.0 Å². The first-order valence-corrected chi connectivity index (χ1v) is 8.03. The van der Waals surface area contributed by atoms with E-state index in [2.05, 4.69) is 13.8 Å². The first-order valence-electron chi connectivity index (χ1n) is 8.03. The Morgan fingerprint density at radius 2 is 1.26 bits per heavy atom. The summed E-state index contributed by atoms with van der Waals surface area (Å²) in [4.78, 5) is 12.9. The smallest absolute Gasteiger partial charge is 0.193 e. The van der Waals surface area contributed by atoms with Gasteiger partial charge in [0, 0.05) is 16.5 Å². The van der Waals surface area contributed by atoms with Gasteiger partial charge in [0.15, 0.2) is 5.78 Å². The summed E-state index contributed by atoms with van der Waals surface area (Å²) in [5.74, 6) is 1.65. The highest BCUT2D eigenvalue weighted by Crippen LogP contribution is 2.48. The van der Waals surface area contributed by atoms with Crippen LogP contribution in [0.1, 0.15) is 53.7 Å². The molecular formula is C20H22O3. The van der Waals surface area contributed by atoms with E-state index in [0.717, 1.165) is 46.6 Å². The van der Waals surface area contributed by atoms with Gasteiger partial charge in [0.1, 0.15) is 11.5 Å². The second-order valence-corrected chi connectivity index (χ2v) is 5.94. The van der Waals surface area contributed by atoms with Crippen LogP contribution in [0.15, 0.2) is 36.4 Å². The molecule has 1 aliphatic rings. The van der Waals surface area contributed by atoms with E-state index in [1.165, 1.54) is 0 Å². The monoisotopic (exact) mass is 310 g/mol. The zero-order valence-corrected chi connectivity index (χ0v) is 14.1. The molecule has 1 aliphatic carbocycles. The van der Waals surface area contributed by atoms with Crippen LogP contribution < -0.4 is 9.47 Å². The second-order valence-electron chi connectivity index (χ2n) is 5.94. The number of carbonyl (C=O) groups excluding carboxylic acids is 1. The van der Waals surface area contributed by atoms with Crippen LogP contribution in [0.5, 0.6) is 11.5 Å². The van der Waals surface area contributed by atoms with Crippen LogP contribution in [0, 0.1) is 0 Å². The van der Waals surface area contributed by atoms with Crippen LogP contribution in [0.4, 0.5) is 0 Å². The number of fused-ring (bicyclic) bond motifs is 2. The van der Waals surface area contributed by atoms with E-state index in [4.69, 9.17) is 9.47 Å². The predicted octanol–water partition coefficient (Wildman–Crippen LogP) is 4.35. The van der Waals surface area contributed by atoms with Crippen LogP contribution in [-0.2, 0) is 5.41 Å². The highest BCUT2D eigenvalue weighted by atomic mass is 16.5. The van der Waals surface area contributed by atoms with Crippen molar-refractivity contribution in [3.63, 3.8) is 0 Å². The maximum atomic E-state index is 12.9. The van der Waals surface area contributed by atoms with Gasteiger partial charge in [-0.3, -0.25) is 4.79 Å². The topological polar surface area (TPSA) is 35.5 Å². The van der Waals surface area contributed by atoms with Gasteiger partial charge < -0.3 is 9.47 Å². The van der Waals surface area contributed by atoms with Crippen molar-refractivity contribution >= 4 is 5.78 Å². The standard InChI is InChI=1S/C20H22O3/c1-5-20(6-2)17-11-13(22-3)7-9-15(17)19(21)16-10-8-14(23-4)12-18(16)20/h7-12H,5-6H2,1-4H3. The summed E-state index contributed by atoms with van der Waals surface area (Å²) in [7, 11) is 3.31. The Hall–Kier alpha value is -2.29. The molecule has 0 radical (unpaired) electrons. The van der Waals surface area contributed by atoms with E-state index in [1.807, 2.05) is 36.4 Å². The average molecular weight is 310 g/mol. The number of hydrogen-bond donors (Lipinski definition) is 0. The van der Waals surface area contributed by atoms with E-state index < -0.39 is 0 Å². The summed E-state index contributed by atoms with van der Waals surface area (Å²) in [5.41, 5.74) is 3.50. The Labute approximate surface area is 137 Å². The highest BCUT2D eigenvalue weighted by Gasteiger charge is 2.41. The minimum atomic E-state index is -0.193. The summed E-state index contributed by atoms with van der Waals surface area (Å²) in [6, 6.07) is 11.5. The van der Waals surface area contributed by atoms with Crippen LogP contribution in [0.25, 0.3) is 0 Å². The molecular weight excluding hydrogens is 288 g/mol.